The van der Waals surface area contributed by atoms with Gasteiger partial charge in [-0.05, 0) is 117 Å². The van der Waals surface area contributed by atoms with Crippen LogP contribution in [0.1, 0.15) is 169 Å². The minimum absolute atomic E-state index is 0.000254. The van der Waals surface area contributed by atoms with E-state index in [4.69, 9.17) is 5.73 Å². The second-order valence-electron chi connectivity index (χ2n) is 34.0. The summed E-state index contributed by atoms with van der Waals surface area (Å²) in [4.78, 5) is 226. The van der Waals surface area contributed by atoms with Crippen LogP contribution in [0.5, 0.6) is 0 Å². The Bertz CT molecular complexity index is 4070. The summed E-state index contributed by atoms with van der Waals surface area (Å²) in [6.07, 6.45) is 0.570. The Morgan fingerprint density at radius 3 is 1.17 bits per heavy atom. The number of aliphatic carboxylic acids is 1. The van der Waals surface area contributed by atoms with Crippen molar-refractivity contribution < 1.29 is 77.0 Å². The topological polar surface area (TPSA) is 397 Å². The molecule has 0 aromatic heterocycles. The largest absolute Gasteiger partial charge is 0.481 e. The van der Waals surface area contributed by atoms with Crippen molar-refractivity contribution in [3.8, 4) is 0 Å². The van der Waals surface area contributed by atoms with Crippen molar-refractivity contribution >= 4 is 88.7 Å². The van der Waals surface area contributed by atoms with Gasteiger partial charge in [-0.2, -0.15) is 0 Å². The molecular formula is C90H132N14O16. The molecule has 14 amide bonds. The number of primary amides is 1. The van der Waals surface area contributed by atoms with Crippen molar-refractivity contribution in [1.82, 2.24) is 66.2 Å². The number of likely N-dealkylation sites (N-methyl/N-ethyl adjacent to an activating group) is 6. The van der Waals surface area contributed by atoms with Crippen LogP contribution in [-0.4, -0.2) is 256 Å². The highest BCUT2D eigenvalue weighted by atomic mass is 16.4. The van der Waals surface area contributed by atoms with Crippen LogP contribution in [-0.2, 0) is 97.6 Å². The average molecular weight is 1670 g/mol. The van der Waals surface area contributed by atoms with Crippen molar-refractivity contribution in [1.29, 1.82) is 0 Å². The van der Waals surface area contributed by atoms with Crippen LogP contribution in [0.4, 0.5) is 0 Å². The number of nitrogens with two attached hydrogens (primary N) is 1. The maximum Gasteiger partial charge on any atom is 0.303 e. The number of carboxylic acid groups (broad SMARTS) is 1. The monoisotopic (exact) mass is 1660 g/mol. The molecule has 5 rings (SSSR count). The molecule has 1 saturated heterocycles. The molecule has 1 aliphatic rings. The first-order valence-corrected chi connectivity index (χ1v) is 41.9. The molecule has 0 saturated carbocycles. The molecule has 1 fully saturated rings. The zero-order chi connectivity index (χ0) is 89.4. The lowest BCUT2D eigenvalue weighted by molar-refractivity contribution is -0.149. The molecule has 1 unspecified atom stereocenters. The van der Waals surface area contributed by atoms with Crippen LogP contribution in [0, 0.1) is 29.6 Å². The molecule has 658 valence electrons. The minimum atomic E-state index is -1.80. The number of hydrogen-bond acceptors (Lipinski definition) is 15. The molecule has 4 aromatic carbocycles. The van der Waals surface area contributed by atoms with E-state index in [9.17, 15) is 38.7 Å². The molecule has 9 N–H and O–H groups in total. The predicted molar refractivity (Wildman–Crippen MR) is 457 cm³/mol. The summed E-state index contributed by atoms with van der Waals surface area (Å²) in [5.41, 5.74) is 8.04. The summed E-state index contributed by atoms with van der Waals surface area (Å²) in [6.45, 7) is 20.4. The van der Waals surface area contributed by atoms with Gasteiger partial charge in [0.25, 0.3) is 0 Å². The predicted octanol–water partition coefficient (Wildman–Crippen LogP) is 5.46. The van der Waals surface area contributed by atoms with Crippen molar-refractivity contribution in [3.05, 3.63) is 144 Å². The van der Waals surface area contributed by atoms with Crippen LogP contribution < -0.4 is 37.6 Å². The van der Waals surface area contributed by atoms with E-state index in [1.165, 1.54) is 56.9 Å². The third-order valence-electron chi connectivity index (χ3n) is 21.5. The number of likely N-dealkylation sites (tertiary alicyclic amines) is 1. The number of rotatable bonds is 47. The normalized spacial score (nSPS) is 14.9. The Kier molecular flexibility index (Phi) is 40.5. The summed E-state index contributed by atoms with van der Waals surface area (Å²) < 4.78 is 0. The Morgan fingerprint density at radius 1 is 0.367 bits per heavy atom. The van der Waals surface area contributed by atoms with Crippen LogP contribution in [0.3, 0.4) is 0 Å². The summed E-state index contributed by atoms with van der Waals surface area (Å²) in [6, 6.07) is 20.3. The van der Waals surface area contributed by atoms with E-state index < -0.39 is 175 Å². The lowest BCUT2D eigenvalue weighted by Gasteiger charge is -2.37. The second kappa shape index (κ2) is 48.9. The summed E-state index contributed by atoms with van der Waals surface area (Å²) in [5.74, 6) is -12.8. The first kappa shape index (κ1) is 99.5. The summed E-state index contributed by atoms with van der Waals surface area (Å²) >= 11 is 0. The van der Waals surface area contributed by atoms with Gasteiger partial charge in [0.15, 0.2) is 0 Å². The van der Waals surface area contributed by atoms with Gasteiger partial charge in [-0.25, -0.2) is 0 Å². The molecule has 30 nitrogen and oxygen atoms in total. The summed E-state index contributed by atoms with van der Waals surface area (Å²) in [7, 11) is 8.43. The van der Waals surface area contributed by atoms with E-state index in [0.717, 1.165) is 39.5 Å². The molecular weight excluding hydrogens is 1530 g/mol. The van der Waals surface area contributed by atoms with Crippen LogP contribution in [0.2, 0.25) is 0 Å². The van der Waals surface area contributed by atoms with Gasteiger partial charge < -0.3 is 77.0 Å². The quantitative estimate of drug-likeness (QED) is 0.0272. The summed E-state index contributed by atoms with van der Waals surface area (Å²) in [5, 5.41) is 26.8. The first-order chi connectivity index (χ1) is 56.6. The molecule has 0 radical (unpaired) electrons. The molecule has 0 spiro atoms. The third-order valence-corrected chi connectivity index (χ3v) is 21.5. The van der Waals surface area contributed by atoms with Gasteiger partial charge in [0.05, 0.1) is 19.4 Å². The molecule has 0 bridgehead atoms. The average Bonchev–Trinajstić information content (AvgIpc) is 0.818. The fourth-order valence-electron chi connectivity index (χ4n) is 14.7. The third kappa shape index (κ3) is 31.9. The fourth-order valence-corrected chi connectivity index (χ4v) is 14.7. The van der Waals surface area contributed by atoms with E-state index in [1.807, 2.05) is 85.7 Å². The number of amides is 14. The van der Waals surface area contributed by atoms with E-state index in [0.29, 0.717) is 36.2 Å². The lowest BCUT2D eigenvalue weighted by Crippen LogP contribution is -2.62. The van der Waals surface area contributed by atoms with Crippen LogP contribution in [0.15, 0.2) is 121 Å². The molecule has 4 aromatic rings. The number of carbonyl (C=O) groups excluding carboxylic acids is 14. The van der Waals surface area contributed by atoms with Crippen molar-refractivity contribution in [2.75, 3.05) is 61.9 Å². The smallest absolute Gasteiger partial charge is 0.303 e. The number of piperidine rings is 1. The highest BCUT2D eigenvalue weighted by molar-refractivity contribution is 6.01. The fraction of sp³-hybridized carbons (Fsp3) is 0.567. The second-order valence-corrected chi connectivity index (χ2v) is 34.0. The number of carbonyl (C=O) groups is 15. The Labute approximate surface area is 708 Å². The van der Waals surface area contributed by atoms with Gasteiger partial charge in [-0.15, -0.1) is 0 Å². The highest BCUT2D eigenvalue weighted by Crippen LogP contribution is 2.24. The van der Waals surface area contributed by atoms with E-state index in [-0.39, 0.29) is 86.9 Å². The zero-order valence-electron chi connectivity index (χ0n) is 73.3. The van der Waals surface area contributed by atoms with Gasteiger partial charge in [-0.1, -0.05) is 191 Å². The molecule has 120 heavy (non-hydrogen) atoms. The number of benzene rings is 4. The highest BCUT2D eigenvalue weighted by Gasteiger charge is 2.43. The SMILES string of the molecule is CC(C)C[C@H](NC(=O)[C@H](CC(C)C)N(C)C(=O)C(Cc1ccccc1)NC(=O)[C@H](CC(C)C)N(C)C(=O)[C@H](CC(C)C)N(C)C(=O)Cc1ccccc1)C(=O)N(C)[C@@H](Cc1ccccc1)C(=O)N[C@H](CCC(=O)O)C(=O)N[C@H](CC(C)C)C(=O)N[C@@H](CC(=O)N(C)CC(N)=O)C(=O)N(C)[C@@H](Cc1ccccc1)C(=O)N[C@@H](C)C(=O)N1CCCCC1. The maximum atomic E-state index is 15.5. The van der Waals surface area contributed by atoms with E-state index in [2.05, 4.69) is 31.9 Å². The lowest BCUT2D eigenvalue weighted by atomic mass is 9.96. The number of nitrogens with one attached hydrogen (secondary N) is 6. The van der Waals surface area contributed by atoms with Gasteiger partial charge in [-0.3, -0.25) is 71.9 Å². The molecule has 1 aliphatic heterocycles. The standard InChI is InChI=1S/C90H132N14O16/c1-56(2)45-67(81(111)95-70(54-77(106)98(12)55-76(91)105)89(119)101(15)73(51-63-35-25-19-26-36-63)82(112)92-61(11)86(116)104-43-31-22-32-44-104)94-80(110)66(41-42-79(108)109)93-85(115)74(52-64-37-27-20-28-38-64)102(16)87(117)68(46-57(3)4)96-83(113)71(47-58(5)6)100(14)88(118)69(50-62-33-23-18-24-34-62)97-84(114)72(48-59(7)8)103(17)90(120)75(49-60(9)10)99(13)78(107)53-65-39-29-21-30-40-65/h18-21,23-30,33-40,56-61,66-75H,22,31-32,41-55H2,1-17H3,(H2,91,105)(H,92,112)(H,93,115)(H,94,110)(H,95,111)(H,96,113)(H,97,114)(H,108,109)/t61-,66+,67+,68-,69?,70-,71-,72-,73-,74-,75-/m0/s1. The van der Waals surface area contributed by atoms with Gasteiger partial charge in [0.2, 0.25) is 82.7 Å². The van der Waals surface area contributed by atoms with Gasteiger partial charge in [0, 0.05) is 81.1 Å². The zero-order valence-corrected chi connectivity index (χ0v) is 73.3. The molecule has 0 aliphatic carbocycles. The van der Waals surface area contributed by atoms with Crippen LogP contribution in [0.25, 0.3) is 0 Å². The Morgan fingerprint density at radius 2 is 0.717 bits per heavy atom. The molecule has 11 atom stereocenters. The van der Waals surface area contributed by atoms with Crippen molar-refractivity contribution in [2.45, 2.75) is 239 Å². The molecule has 30 heteroatoms. The molecule has 1 heterocycles. The Hall–Kier alpha value is -11.1. The van der Waals surface area contributed by atoms with Gasteiger partial charge >= 0.3 is 5.97 Å². The maximum absolute atomic E-state index is 15.5. The van der Waals surface area contributed by atoms with E-state index >= 15 is 38.4 Å². The number of hydrogen-bond donors (Lipinski definition) is 8. The van der Waals surface area contributed by atoms with Gasteiger partial charge in [0.1, 0.15) is 66.5 Å². The number of carboxylic acids is 1. The van der Waals surface area contributed by atoms with Crippen molar-refractivity contribution in [2.24, 2.45) is 35.3 Å². The number of nitrogens with zero attached hydrogens (tertiary/aromatic N) is 7. The first-order valence-electron chi connectivity index (χ1n) is 41.9. The van der Waals surface area contributed by atoms with Crippen LogP contribution >= 0.6 is 0 Å². The van der Waals surface area contributed by atoms with E-state index in [1.54, 1.807) is 117 Å². The Balaban J connectivity index is 1.48. The van der Waals surface area contributed by atoms with Crippen molar-refractivity contribution in [3.63, 3.8) is 0 Å². The minimum Gasteiger partial charge on any atom is -0.481 e.